The Morgan fingerprint density at radius 1 is 0.833 bits per heavy atom. The van der Waals surface area contributed by atoms with E-state index in [2.05, 4.69) is 26.3 Å². The number of oxime groups is 3. The van der Waals surface area contributed by atoms with E-state index in [0.717, 1.165) is 0 Å². The second-order valence-corrected chi connectivity index (χ2v) is 1.60. The fourth-order valence-corrected chi connectivity index (χ4v) is 0.588. The number of hydrazine groups is 1. The molecule has 0 radical (unpaired) electrons. The minimum absolute atomic E-state index is 0. The first kappa shape index (κ1) is 9.97. The minimum Gasteiger partial charge on any atom is -0.412 e. The van der Waals surface area contributed by atoms with E-state index in [0.29, 0.717) is 0 Å². The van der Waals surface area contributed by atoms with Crippen molar-refractivity contribution >= 4 is 17.4 Å². The highest BCUT2D eigenvalue weighted by atomic mass is 16.4. The quantitative estimate of drug-likeness (QED) is 0.207. The summed E-state index contributed by atoms with van der Waals surface area (Å²) in [5.74, 6) is -0.249. The third kappa shape index (κ3) is 1.34. The number of nitrogens with zero attached hydrogens (tertiary/aromatic N) is 3. The average Bonchev–Trinajstić information content (AvgIpc) is 2.45. The van der Waals surface area contributed by atoms with Crippen LogP contribution >= 0.6 is 0 Å². The van der Waals surface area contributed by atoms with Crippen LogP contribution in [-0.2, 0) is 0 Å². The number of hydrogen-bond acceptors (Lipinski definition) is 6. The van der Waals surface area contributed by atoms with Crippen LogP contribution in [0.25, 0.3) is 0 Å². The lowest BCUT2D eigenvalue weighted by atomic mass is 10.3. The average molecular weight is 177 g/mol. The van der Waals surface area contributed by atoms with E-state index < -0.39 is 0 Å². The molecule has 1 saturated heterocycles. The van der Waals surface area contributed by atoms with Crippen LogP contribution in [0.4, 0.5) is 0 Å². The van der Waals surface area contributed by atoms with Gasteiger partial charge in [0.2, 0.25) is 11.7 Å². The monoisotopic (exact) mass is 177 g/mol. The van der Waals surface area contributed by atoms with E-state index in [1.165, 1.54) is 0 Å². The highest BCUT2D eigenvalue weighted by molar-refractivity contribution is 6.69. The Morgan fingerprint density at radius 2 is 1.25 bits per heavy atom. The zero-order valence-corrected chi connectivity index (χ0v) is 5.68. The number of hydrogen-bond donors (Lipinski definition) is 5. The van der Waals surface area contributed by atoms with Crippen LogP contribution in [0.15, 0.2) is 15.5 Å². The third-order valence-corrected chi connectivity index (χ3v) is 1.05. The van der Waals surface area contributed by atoms with Crippen molar-refractivity contribution in [1.82, 2.24) is 10.9 Å². The highest BCUT2D eigenvalue weighted by Gasteiger charge is 2.25. The lowest BCUT2D eigenvalue weighted by Crippen LogP contribution is -2.28. The first-order chi connectivity index (χ1) is 5.33. The van der Waals surface area contributed by atoms with Gasteiger partial charge in [0.05, 0.1) is 0 Å². The van der Waals surface area contributed by atoms with Crippen molar-refractivity contribution in [2.75, 3.05) is 0 Å². The van der Waals surface area contributed by atoms with Gasteiger partial charge in [0.25, 0.3) is 0 Å². The molecule has 1 heterocycles. The molecule has 0 atom stereocenters. The molecule has 1 rings (SSSR count). The van der Waals surface area contributed by atoms with E-state index in [1.807, 2.05) is 0 Å². The molecular weight excluding hydrogens is 170 g/mol. The van der Waals surface area contributed by atoms with Gasteiger partial charge in [0, 0.05) is 0 Å². The van der Waals surface area contributed by atoms with Crippen molar-refractivity contribution in [3.63, 3.8) is 0 Å². The molecule has 0 aliphatic carbocycles. The van der Waals surface area contributed by atoms with E-state index in [-0.39, 0.29) is 22.9 Å². The van der Waals surface area contributed by atoms with Gasteiger partial charge in [-0.25, -0.2) is 0 Å². The fraction of sp³-hybridized carbons (Fsp3) is 0. The maximum atomic E-state index is 8.29. The molecular formula is C3H7N5O4. The summed E-state index contributed by atoms with van der Waals surface area (Å²) in [6, 6.07) is 0. The highest BCUT2D eigenvalue weighted by Crippen LogP contribution is 1.89. The molecule has 0 aromatic carbocycles. The molecule has 68 valence electrons. The maximum Gasteiger partial charge on any atom is 0.217 e. The van der Waals surface area contributed by atoms with Gasteiger partial charge < -0.3 is 21.1 Å². The number of amidine groups is 2. The Balaban J connectivity index is 0.00000121. The van der Waals surface area contributed by atoms with E-state index >= 15 is 0 Å². The van der Waals surface area contributed by atoms with Gasteiger partial charge in [-0.15, -0.1) is 0 Å². The van der Waals surface area contributed by atoms with E-state index in [1.54, 1.807) is 0 Å². The Kier molecular flexibility index (Phi) is 3.30. The Morgan fingerprint density at radius 3 is 1.50 bits per heavy atom. The number of rotatable bonds is 0. The van der Waals surface area contributed by atoms with Gasteiger partial charge in [0.1, 0.15) is 0 Å². The molecule has 0 amide bonds. The second kappa shape index (κ2) is 3.98. The second-order valence-electron chi connectivity index (χ2n) is 1.60. The predicted molar refractivity (Wildman–Crippen MR) is 37.5 cm³/mol. The first-order valence-corrected chi connectivity index (χ1v) is 2.52. The molecule has 0 saturated carbocycles. The summed E-state index contributed by atoms with van der Waals surface area (Å²) in [6.45, 7) is 0. The molecule has 9 heteroatoms. The molecule has 12 heavy (non-hydrogen) atoms. The SMILES string of the molecule is O.ON=C1NNC(=NO)C1=NO. The maximum absolute atomic E-state index is 8.29. The van der Waals surface area contributed by atoms with E-state index in [9.17, 15) is 0 Å². The van der Waals surface area contributed by atoms with Crippen LogP contribution in [0.3, 0.4) is 0 Å². The normalized spacial score (nSPS) is 21.5. The van der Waals surface area contributed by atoms with Crippen LogP contribution in [0.2, 0.25) is 0 Å². The standard InChI is InChI=1S/C3H5N5O3.H2O/c9-6-1-2(7-10)4-5-3(1)8-11;/h9-11H,(H2,4,5,6,7,8);1H2. The summed E-state index contributed by atoms with van der Waals surface area (Å²) in [7, 11) is 0. The molecule has 1 fully saturated rings. The van der Waals surface area contributed by atoms with Gasteiger partial charge in [-0.05, 0) is 0 Å². The molecule has 0 bridgehead atoms. The third-order valence-electron chi connectivity index (χ3n) is 1.05. The van der Waals surface area contributed by atoms with Crippen LogP contribution < -0.4 is 10.9 Å². The molecule has 0 spiro atoms. The Labute approximate surface area is 65.9 Å². The zero-order chi connectivity index (χ0) is 8.27. The van der Waals surface area contributed by atoms with Crippen LogP contribution in [-0.4, -0.2) is 38.5 Å². The van der Waals surface area contributed by atoms with Gasteiger partial charge in [-0.2, -0.15) is 0 Å². The van der Waals surface area contributed by atoms with Gasteiger partial charge in [-0.3, -0.25) is 10.9 Å². The molecule has 9 nitrogen and oxygen atoms in total. The van der Waals surface area contributed by atoms with Crippen molar-refractivity contribution in [1.29, 1.82) is 0 Å². The van der Waals surface area contributed by atoms with Crippen LogP contribution in [0.1, 0.15) is 0 Å². The fourth-order valence-electron chi connectivity index (χ4n) is 0.588. The van der Waals surface area contributed by atoms with Gasteiger partial charge >= 0.3 is 0 Å². The minimum atomic E-state index is -0.171. The summed E-state index contributed by atoms with van der Waals surface area (Å²) in [5.41, 5.74) is 4.38. The number of nitrogens with one attached hydrogen (secondary N) is 2. The van der Waals surface area contributed by atoms with E-state index in [4.69, 9.17) is 15.6 Å². The molecule has 7 N–H and O–H groups in total. The van der Waals surface area contributed by atoms with Crippen molar-refractivity contribution < 1.29 is 21.1 Å². The lowest BCUT2D eigenvalue weighted by molar-refractivity contribution is 0.312. The lowest BCUT2D eigenvalue weighted by Gasteiger charge is -1.88. The largest absolute Gasteiger partial charge is 0.412 e. The Bertz CT molecular complexity index is 223. The van der Waals surface area contributed by atoms with Crippen molar-refractivity contribution in [3.8, 4) is 0 Å². The molecule has 0 aromatic rings. The summed E-state index contributed by atoms with van der Waals surface area (Å²) >= 11 is 0. The smallest absolute Gasteiger partial charge is 0.217 e. The Hall–Kier alpha value is -2.03. The van der Waals surface area contributed by atoms with Crippen molar-refractivity contribution in [3.05, 3.63) is 0 Å². The van der Waals surface area contributed by atoms with Crippen LogP contribution in [0, 0.1) is 0 Å². The molecule has 1 aliphatic heterocycles. The molecule has 0 aromatic heterocycles. The van der Waals surface area contributed by atoms with Crippen molar-refractivity contribution in [2.45, 2.75) is 0 Å². The van der Waals surface area contributed by atoms with Crippen LogP contribution in [0.5, 0.6) is 0 Å². The molecule has 0 unspecified atom stereocenters. The summed E-state index contributed by atoms with van der Waals surface area (Å²) in [4.78, 5) is 0. The topological polar surface area (TPSA) is 153 Å². The van der Waals surface area contributed by atoms with Crippen molar-refractivity contribution in [2.24, 2.45) is 15.5 Å². The first-order valence-electron chi connectivity index (χ1n) is 2.52. The summed E-state index contributed by atoms with van der Waals surface area (Å²) in [5, 5.41) is 32.9. The summed E-state index contributed by atoms with van der Waals surface area (Å²) in [6.07, 6.45) is 0. The van der Waals surface area contributed by atoms with Gasteiger partial charge in [0.15, 0.2) is 5.71 Å². The summed E-state index contributed by atoms with van der Waals surface area (Å²) < 4.78 is 0. The predicted octanol–water partition coefficient (Wildman–Crippen LogP) is -2.32. The molecule has 1 aliphatic rings. The van der Waals surface area contributed by atoms with Gasteiger partial charge in [-0.1, -0.05) is 15.5 Å². The zero-order valence-electron chi connectivity index (χ0n) is 5.68.